The fourth-order valence-electron chi connectivity index (χ4n) is 1.58. The van der Waals surface area contributed by atoms with Gasteiger partial charge in [0.15, 0.2) is 0 Å². The van der Waals surface area contributed by atoms with Crippen molar-refractivity contribution in [2.24, 2.45) is 0 Å². The Balaban J connectivity index is 2.59. The van der Waals surface area contributed by atoms with E-state index in [2.05, 4.69) is 30.4 Å². The van der Waals surface area contributed by atoms with Gasteiger partial charge >= 0.3 is 0 Å². The van der Waals surface area contributed by atoms with Crippen molar-refractivity contribution in [2.45, 2.75) is 16.7 Å². The summed E-state index contributed by atoms with van der Waals surface area (Å²) in [5.41, 5.74) is 0. The van der Waals surface area contributed by atoms with Crippen LogP contribution in [0.1, 0.15) is 0 Å². The summed E-state index contributed by atoms with van der Waals surface area (Å²) in [6.07, 6.45) is 4.00. The van der Waals surface area contributed by atoms with Crippen LogP contribution in [0.3, 0.4) is 0 Å². The molecule has 1 N–H and O–H groups in total. The highest BCUT2D eigenvalue weighted by Gasteiger charge is 2.32. The fraction of sp³-hybridized carbons (Fsp3) is 0.600. The topological polar surface area (TPSA) is 15.3 Å². The lowest BCUT2D eigenvalue weighted by Gasteiger charge is -2.24. The molecule has 0 spiro atoms. The SMILES string of the molecule is C=C[C@H]1CN(C)C([C@@H](C=C)NC)S1. The molecule has 0 aliphatic carbocycles. The van der Waals surface area contributed by atoms with Crippen molar-refractivity contribution >= 4 is 11.8 Å². The van der Waals surface area contributed by atoms with Crippen LogP contribution < -0.4 is 5.32 Å². The van der Waals surface area contributed by atoms with Crippen molar-refractivity contribution in [1.82, 2.24) is 10.2 Å². The Morgan fingerprint density at radius 2 is 2.31 bits per heavy atom. The van der Waals surface area contributed by atoms with Crippen LogP contribution in [0.4, 0.5) is 0 Å². The average Bonchev–Trinajstić information content (AvgIpc) is 2.50. The van der Waals surface area contributed by atoms with Crippen molar-refractivity contribution in [2.75, 3.05) is 20.6 Å². The molecule has 1 saturated heterocycles. The van der Waals surface area contributed by atoms with Gasteiger partial charge in [0.05, 0.1) is 5.37 Å². The molecule has 3 heteroatoms. The van der Waals surface area contributed by atoms with Crippen LogP contribution in [-0.2, 0) is 0 Å². The first-order valence-electron chi connectivity index (χ1n) is 4.51. The molecule has 0 saturated carbocycles. The van der Waals surface area contributed by atoms with Gasteiger partial charge in [0, 0.05) is 17.8 Å². The first-order valence-corrected chi connectivity index (χ1v) is 5.45. The van der Waals surface area contributed by atoms with Crippen molar-refractivity contribution in [1.29, 1.82) is 0 Å². The van der Waals surface area contributed by atoms with Crippen molar-refractivity contribution in [3.8, 4) is 0 Å². The van der Waals surface area contributed by atoms with E-state index in [4.69, 9.17) is 0 Å². The molecule has 1 fully saturated rings. The number of hydrogen-bond acceptors (Lipinski definition) is 3. The quantitative estimate of drug-likeness (QED) is 0.686. The number of likely N-dealkylation sites (N-methyl/N-ethyl adjacent to an activating group) is 2. The van der Waals surface area contributed by atoms with Gasteiger partial charge in [-0.05, 0) is 14.1 Å². The van der Waals surface area contributed by atoms with Gasteiger partial charge in [-0.2, -0.15) is 0 Å². The monoisotopic (exact) mass is 198 g/mol. The summed E-state index contributed by atoms with van der Waals surface area (Å²) in [5.74, 6) is 0. The maximum Gasteiger partial charge on any atom is 0.0753 e. The molecule has 1 heterocycles. The Bertz CT molecular complexity index is 193. The summed E-state index contributed by atoms with van der Waals surface area (Å²) in [7, 11) is 4.12. The van der Waals surface area contributed by atoms with Gasteiger partial charge in [0.1, 0.15) is 0 Å². The predicted octanol–water partition coefficient (Wildman–Crippen LogP) is 1.32. The molecule has 3 atom stereocenters. The van der Waals surface area contributed by atoms with E-state index in [-0.39, 0.29) is 0 Å². The minimum absolute atomic E-state index is 0.361. The average molecular weight is 198 g/mol. The lowest BCUT2D eigenvalue weighted by Crippen LogP contribution is -2.41. The van der Waals surface area contributed by atoms with Gasteiger partial charge < -0.3 is 5.32 Å². The molecule has 0 aromatic rings. The molecule has 13 heavy (non-hydrogen) atoms. The third kappa shape index (κ3) is 2.36. The smallest absolute Gasteiger partial charge is 0.0753 e. The second-order valence-electron chi connectivity index (χ2n) is 3.29. The number of nitrogens with zero attached hydrogens (tertiary/aromatic N) is 1. The third-order valence-electron chi connectivity index (χ3n) is 2.37. The first-order chi connectivity index (χ1) is 6.22. The molecule has 1 aliphatic heterocycles. The van der Waals surface area contributed by atoms with Crippen molar-refractivity contribution < 1.29 is 0 Å². The Morgan fingerprint density at radius 3 is 2.69 bits per heavy atom. The van der Waals surface area contributed by atoms with E-state index >= 15 is 0 Å². The standard InChI is InChI=1S/C10H18N2S/c1-5-8-7-12(4)10(13-8)9(6-2)11-3/h5-6,8-11H,1-2,7H2,3-4H3/t8-,9+,10?/m0/s1. The van der Waals surface area contributed by atoms with E-state index in [1.54, 1.807) is 0 Å². The summed E-state index contributed by atoms with van der Waals surface area (Å²) < 4.78 is 0. The molecule has 0 aromatic carbocycles. The van der Waals surface area contributed by atoms with Gasteiger partial charge in [-0.25, -0.2) is 0 Å². The largest absolute Gasteiger partial charge is 0.311 e. The van der Waals surface area contributed by atoms with Crippen LogP contribution in [0.15, 0.2) is 25.3 Å². The minimum Gasteiger partial charge on any atom is -0.311 e. The number of rotatable bonds is 4. The molecule has 0 aromatic heterocycles. The summed E-state index contributed by atoms with van der Waals surface area (Å²) in [6, 6.07) is 0.361. The third-order valence-corrected chi connectivity index (χ3v) is 4.00. The van der Waals surface area contributed by atoms with E-state index in [0.717, 1.165) is 6.54 Å². The molecule has 2 nitrogen and oxygen atoms in total. The molecule has 0 bridgehead atoms. The summed E-state index contributed by atoms with van der Waals surface area (Å²) in [5, 5.41) is 4.31. The van der Waals surface area contributed by atoms with Gasteiger partial charge in [-0.1, -0.05) is 12.2 Å². The van der Waals surface area contributed by atoms with Gasteiger partial charge in [0.2, 0.25) is 0 Å². The molecule has 1 aliphatic rings. The van der Waals surface area contributed by atoms with E-state index in [1.807, 2.05) is 31.0 Å². The van der Waals surface area contributed by atoms with Crippen molar-refractivity contribution in [3.05, 3.63) is 25.3 Å². The van der Waals surface area contributed by atoms with Crippen LogP contribution in [0.25, 0.3) is 0 Å². The lowest BCUT2D eigenvalue weighted by molar-refractivity contribution is 0.314. The molecular formula is C10H18N2S. The van der Waals surface area contributed by atoms with E-state index in [1.165, 1.54) is 0 Å². The highest BCUT2D eigenvalue weighted by Crippen LogP contribution is 2.31. The maximum absolute atomic E-state index is 3.83. The maximum atomic E-state index is 3.83. The zero-order valence-electron chi connectivity index (χ0n) is 8.36. The first kappa shape index (κ1) is 10.8. The lowest BCUT2D eigenvalue weighted by atomic mass is 10.2. The van der Waals surface area contributed by atoms with Crippen molar-refractivity contribution in [3.63, 3.8) is 0 Å². The van der Waals surface area contributed by atoms with E-state index in [9.17, 15) is 0 Å². The zero-order valence-corrected chi connectivity index (χ0v) is 9.18. The zero-order chi connectivity index (χ0) is 9.84. The Labute approximate surface area is 85.1 Å². The second kappa shape index (κ2) is 4.84. The molecule has 74 valence electrons. The summed E-state index contributed by atoms with van der Waals surface area (Å²) >= 11 is 1.95. The highest BCUT2D eigenvalue weighted by molar-refractivity contribution is 8.00. The Morgan fingerprint density at radius 1 is 1.62 bits per heavy atom. The minimum atomic E-state index is 0.361. The molecule has 1 unspecified atom stereocenters. The van der Waals surface area contributed by atoms with Crippen LogP contribution in [0.2, 0.25) is 0 Å². The van der Waals surface area contributed by atoms with Crippen LogP contribution in [-0.4, -0.2) is 42.2 Å². The van der Waals surface area contributed by atoms with Crippen LogP contribution in [0, 0.1) is 0 Å². The summed E-state index contributed by atoms with van der Waals surface area (Å²) in [4.78, 5) is 2.35. The van der Waals surface area contributed by atoms with Crippen LogP contribution in [0.5, 0.6) is 0 Å². The predicted molar refractivity (Wildman–Crippen MR) is 61.0 cm³/mol. The number of thioether (sulfide) groups is 1. The van der Waals surface area contributed by atoms with E-state index in [0.29, 0.717) is 16.7 Å². The Kier molecular flexibility index (Phi) is 4.03. The van der Waals surface area contributed by atoms with Crippen LogP contribution >= 0.6 is 11.8 Å². The molecule has 0 radical (unpaired) electrons. The molecule has 0 amide bonds. The van der Waals surface area contributed by atoms with E-state index < -0.39 is 0 Å². The number of nitrogens with one attached hydrogen (secondary N) is 1. The van der Waals surface area contributed by atoms with Gasteiger partial charge in [0.25, 0.3) is 0 Å². The highest BCUT2D eigenvalue weighted by atomic mass is 32.2. The molecular weight excluding hydrogens is 180 g/mol. The summed E-state index contributed by atoms with van der Waals surface area (Å²) in [6.45, 7) is 8.75. The Hall–Kier alpha value is -0.250. The molecule has 1 rings (SSSR count). The fourth-order valence-corrected chi connectivity index (χ4v) is 3.08. The second-order valence-corrected chi connectivity index (χ2v) is 4.65. The number of hydrogen-bond donors (Lipinski definition) is 1. The van der Waals surface area contributed by atoms with Gasteiger partial charge in [-0.3, -0.25) is 4.90 Å². The van der Waals surface area contributed by atoms with Gasteiger partial charge in [-0.15, -0.1) is 24.9 Å². The normalized spacial score (nSPS) is 31.5.